The first-order valence-electron chi connectivity index (χ1n) is 5.57. The number of aliphatic hydroxyl groups is 1. The molecule has 1 saturated carbocycles. The fourth-order valence-electron chi connectivity index (χ4n) is 2.33. The topological polar surface area (TPSA) is 23.5 Å². The Balaban J connectivity index is 2.31. The van der Waals surface area contributed by atoms with Gasteiger partial charge in [-0.25, -0.2) is 0 Å². The number of rotatable bonds is 4. The Bertz CT molecular complexity index is 141. The summed E-state index contributed by atoms with van der Waals surface area (Å²) in [5.41, 5.74) is -0.373. The van der Waals surface area contributed by atoms with Gasteiger partial charge in [-0.05, 0) is 32.9 Å². The van der Waals surface area contributed by atoms with Crippen molar-refractivity contribution in [2.45, 2.75) is 51.0 Å². The van der Waals surface area contributed by atoms with E-state index in [0.29, 0.717) is 0 Å². The molecule has 0 spiro atoms. The molecule has 78 valence electrons. The van der Waals surface area contributed by atoms with Crippen LogP contribution in [0, 0.1) is 0 Å². The maximum absolute atomic E-state index is 10.2. The van der Waals surface area contributed by atoms with Crippen molar-refractivity contribution in [3.63, 3.8) is 0 Å². The van der Waals surface area contributed by atoms with E-state index in [4.69, 9.17) is 0 Å². The van der Waals surface area contributed by atoms with Crippen molar-refractivity contribution in [3.05, 3.63) is 0 Å². The first kappa shape index (κ1) is 11.0. The Hall–Kier alpha value is -0.0800. The molecular formula is C11H23NO. The zero-order chi connectivity index (χ0) is 9.73. The van der Waals surface area contributed by atoms with Crippen LogP contribution in [0.2, 0.25) is 0 Å². The molecule has 2 heteroatoms. The van der Waals surface area contributed by atoms with Gasteiger partial charge < -0.3 is 10.0 Å². The monoisotopic (exact) mass is 185 g/mol. The average Bonchev–Trinajstić information content (AvgIpc) is 2.04. The van der Waals surface area contributed by atoms with E-state index in [9.17, 15) is 5.11 Å². The maximum Gasteiger partial charge on any atom is 0.0774 e. The lowest BCUT2D eigenvalue weighted by Gasteiger charge is -2.35. The Kier molecular flexibility index (Phi) is 4.20. The molecule has 0 aromatic heterocycles. The number of nitrogens with zero attached hydrogens (tertiary/aromatic N) is 1. The standard InChI is InChI=1S/C11H23NO/c1-3-9-12(2)10-11(13)7-5-4-6-8-11/h13H,3-10H2,1-2H3. The third kappa shape index (κ3) is 3.65. The van der Waals surface area contributed by atoms with Crippen LogP contribution >= 0.6 is 0 Å². The van der Waals surface area contributed by atoms with E-state index >= 15 is 0 Å². The Morgan fingerprint density at radius 2 is 1.85 bits per heavy atom. The van der Waals surface area contributed by atoms with Crippen LogP contribution in [0.15, 0.2) is 0 Å². The third-order valence-electron chi connectivity index (χ3n) is 2.95. The lowest BCUT2D eigenvalue weighted by atomic mass is 9.84. The molecular weight excluding hydrogens is 162 g/mol. The summed E-state index contributed by atoms with van der Waals surface area (Å²) in [7, 11) is 2.11. The summed E-state index contributed by atoms with van der Waals surface area (Å²) < 4.78 is 0. The van der Waals surface area contributed by atoms with Crippen molar-refractivity contribution in [1.29, 1.82) is 0 Å². The molecule has 0 bridgehead atoms. The van der Waals surface area contributed by atoms with Crippen LogP contribution in [0.3, 0.4) is 0 Å². The summed E-state index contributed by atoms with van der Waals surface area (Å²) in [5.74, 6) is 0. The summed E-state index contributed by atoms with van der Waals surface area (Å²) in [4.78, 5) is 2.26. The molecule has 0 amide bonds. The second-order valence-corrected chi connectivity index (χ2v) is 4.52. The smallest absolute Gasteiger partial charge is 0.0774 e. The van der Waals surface area contributed by atoms with Crippen LogP contribution < -0.4 is 0 Å². The first-order chi connectivity index (χ1) is 6.16. The van der Waals surface area contributed by atoms with Gasteiger partial charge in [0, 0.05) is 6.54 Å². The molecule has 0 radical (unpaired) electrons. The molecule has 0 unspecified atom stereocenters. The van der Waals surface area contributed by atoms with Crippen LogP contribution in [-0.2, 0) is 0 Å². The van der Waals surface area contributed by atoms with Crippen LogP contribution in [0.4, 0.5) is 0 Å². The van der Waals surface area contributed by atoms with Crippen molar-refractivity contribution in [2.24, 2.45) is 0 Å². The predicted molar refractivity (Wildman–Crippen MR) is 55.8 cm³/mol. The van der Waals surface area contributed by atoms with Gasteiger partial charge in [-0.1, -0.05) is 26.2 Å². The average molecular weight is 185 g/mol. The summed E-state index contributed by atoms with van der Waals surface area (Å²) >= 11 is 0. The molecule has 2 nitrogen and oxygen atoms in total. The maximum atomic E-state index is 10.2. The van der Waals surface area contributed by atoms with E-state index in [1.165, 1.54) is 25.7 Å². The van der Waals surface area contributed by atoms with Gasteiger partial charge in [0.25, 0.3) is 0 Å². The van der Waals surface area contributed by atoms with Crippen molar-refractivity contribution < 1.29 is 5.11 Å². The molecule has 0 atom stereocenters. The highest BCUT2D eigenvalue weighted by atomic mass is 16.3. The van der Waals surface area contributed by atoms with E-state index < -0.39 is 0 Å². The molecule has 1 aliphatic rings. The highest BCUT2D eigenvalue weighted by Crippen LogP contribution is 2.28. The van der Waals surface area contributed by atoms with Crippen LogP contribution in [0.5, 0.6) is 0 Å². The molecule has 1 aliphatic carbocycles. The molecule has 1 rings (SSSR count). The second kappa shape index (κ2) is 4.97. The van der Waals surface area contributed by atoms with Gasteiger partial charge in [0.15, 0.2) is 0 Å². The second-order valence-electron chi connectivity index (χ2n) is 4.52. The Morgan fingerprint density at radius 1 is 1.23 bits per heavy atom. The lowest BCUT2D eigenvalue weighted by Crippen LogP contribution is -2.43. The normalized spacial score (nSPS) is 22.2. The molecule has 0 saturated heterocycles. The van der Waals surface area contributed by atoms with Crippen molar-refractivity contribution >= 4 is 0 Å². The van der Waals surface area contributed by atoms with Crippen LogP contribution in [-0.4, -0.2) is 35.7 Å². The van der Waals surface area contributed by atoms with Gasteiger partial charge in [-0.3, -0.25) is 0 Å². The minimum Gasteiger partial charge on any atom is -0.389 e. The quantitative estimate of drug-likeness (QED) is 0.724. The highest BCUT2D eigenvalue weighted by Gasteiger charge is 2.29. The van der Waals surface area contributed by atoms with E-state index in [-0.39, 0.29) is 5.60 Å². The number of likely N-dealkylation sites (N-methyl/N-ethyl adjacent to an activating group) is 1. The molecule has 0 aromatic rings. The number of hydrogen-bond donors (Lipinski definition) is 1. The minimum absolute atomic E-state index is 0.373. The van der Waals surface area contributed by atoms with Crippen molar-refractivity contribution in [3.8, 4) is 0 Å². The van der Waals surface area contributed by atoms with Gasteiger partial charge in [0.2, 0.25) is 0 Å². The van der Waals surface area contributed by atoms with Gasteiger partial charge in [-0.2, -0.15) is 0 Å². The van der Waals surface area contributed by atoms with Gasteiger partial charge >= 0.3 is 0 Å². The molecule has 0 heterocycles. The van der Waals surface area contributed by atoms with Gasteiger partial charge in [0.1, 0.15) is 0 Å². The zero-order valence-corrected chi connectivity index (χ0v) is 9.05. The van der Waals surface area contributed by atoms with E-state index in [1.807, 2.05) is 0 Å². The SMILES string of the molecule is CCCN(C)CC1(O)CCCCC1. The zero-order valence-electron chi connectivity index (χ0n) is 9.05. The minimum atomic E-state index is -0.373. The fourth-order valence-corrected chi connectivity index (χ4v) is 2.33. The highest BCUT2D eigenvalue weighted by molar-refractivity contribution is 4.84. The van der Waals surface area contributed by atoms with Gasteiger partial charge in [0.05, 0.1) is 5.60 Å². The van der Waals surface area contributed by atoms with E-state index in [0.717, 1.165) is 25.9 Å². The molecule has 1 N–H and O–H groups in total. The van der Waals surface area contributed by atoms with Crippen molar-refractivity contribution in [1.82, 2.24) is 4.90 Å². The third-order valence-corrected chi connectivity index (χ3v) is 2.95. The Morgan fingerprint density at radius 3 is 2.38 bits per heavy atom. The van der Waals surface area contributed by atoms with Crippen molar-refractivity contribution in [2.75, 3.05) is 20.1 Å². The predicted octanol–water partition coefficient (Wildman–Crippen LogP) is 2.02. The van der Waals surface area contributed by atoms with E-state index in [2.05, 4.69) is 18.9 Å². The Labute approximate surface area is 81.9 Å². The summed E-state index contributed by atoms with van der Waals surface area (Å²) in [5, 5.41) is 10.2. The lowest BCUT2D eigenvalue weighted by molar-refractivity contribution is -0.0207. The largest absolute Gasteiger partial charge is 0.389 e. The molecule has 0 aromatic carbocycles. The summed E-state index contributed by atoms with van der Waals surface area (Å²) in [6, 6.07) is 0. The first-order valence-corrected chi connectivity index (χ1v) is 5.57. The van der Waals surface area contributed by atoms with E-state index in [1.54, 1.807) is 0 Å². The molecule has 0 aliphatic heterocycles. The summed E-state index contributed by atoms with van der Waals surface area (Å²) in [6.45, 7) is 4.14. The molecule has 13 heavy (non-hydrogen) atoms. The number of hydrogen-bond acceptors (Lipinski definition) is 2. The fraction of sp³-hybridized carbons (Fsp3) is 1.00. The van der Waals surface area contributed by atoms with Gasteiger partial charge in [-0.15, -0.1) is 0 Å². The van der Waals surface area contributed by atoms with Crippen LogP contribution in [0.1, 0.15) is 45.4 Å². The summed E-state index contributed by atoms with van der Waals surface area (Å²) in [6.07, 6.45) is 6.89. The van der Waals surface area contributed by atoms with Crippen LogP contribution in [0.25, 0.3) is 0 Å². The molecule has 1 fully saturated rings.